The molecule has 30 heavy (non-hydrogen) atoms. The van der Waals surface area contributed by atoms with Gasteiger partial charge in [0.1, 0.15) is 0 Å². The summed E-state index contributed by atoms with van der Waals surface area (Å²) >= 11 is 0. The van der Waals surface area contributed by atoms with E-state index >= 15 is 0 Å². The minimum atomic E-state index is -0.780. The van der Waals surface area contributed by atoms with Crippen molar-refractivity contribution >= 4 is 22.6 Å². The maximum absolute atomic E-state index is 12.5. The standard InChI is InChI=1S/C23H26N4O3/c1-15-16(2)26-21-13-18(5-8-20(21)25-15)23(29)24-14-22(28)17-3-6-19(7-4-17)27-9-11-30-12-10-27/h3-8,13,22,28H,9-12,14H2,1-2H3,(H,24,29). The van der Waals surface area contributed by atoms with E-state index in [2.05, 4.69) is 20.2 Å². The van der Waals surface area contributed by atoms with Crippen molar-refractivity contribution in [3.63, 3.8) is 0 Å². The second-order valence-corrected chi connectivity index (χ2v) is 7.51. The number of rotatable bonds is 5. The molecule has 3 aromatic rings. The third-order valence-electron chi connectivity index (χ3n) is 5.45. The van der Waals surface area contributed by atoms with Gasteiger partial charge in [-0.15, -0.1) is 0 Å². The van der Waals surface area contributed by atoms with Crippen molar-refractivity contribution in [3.05, 3.63) is 65.0 Å². The molecule has 156 valence electrons. The van der Waals surface area contributed by atoms with Crippen LogP contribution in [-0.2, 0) is 4.74 Å². The maximum atomic E-state index is 12.5. The predicted octanol–water partition coefficient (Wildman–Crippen LogP) is 2.55. The molecule has 1 unspecified atom stereocenters. The Morgan fingerprint density at radius 2 is 1.73 bits per heavy atom. The molecule has 1 aliphatic heterocycles. The second-order valence-electron chi connectivity index (χ2n) is 7.51. The fourth-order valence-electron chi connectivity index (χ4n) is 3.51. The van der Waals surface area contributed by atoms with Crippen molar-refractivity contribution < 1.29 is 14.6 Å². The predicted molar refractivity (Wildman–Crippen MR) is 116 cm³/mol. The lowest BCUT2D eigenvalue weighted by Crippen LogP contribution is -2.36. The van der Waals surface area contributed by atoms with Crippen molar-refractivity contribution in [2.45, 2.75) is 20.0 Å². The summed E-state index contributed by atoms with van der Waals surface area (Å²) in [6.07, 6.45) is -0.780. The quantitative estimate of drug-likeness (QED) is 0.677. The summed E-state index contributed by atoms with van der Waals surface area (Å²) in [5.41, 5.74) is 5.54. The van der Waals surface area contributed by atoms with Gasteiger partial charge >= 0.3 is 0 Å². The number of hydrogen-bond acceptors (Lipinski definition) is 6. The molecule has 2 heterocycles. The van der Waals surface area contributed by atoms with Gasteiger partial charge in [-0.3, -0.25) is 4.79 Å². The molecule has 2 N–H and O–H groups in total. The number of fused-ring (bicyclic) bond motifs is 1. The minimum absolute atomic E-state index is 0.131. The summed E-state index contributed by atoms with van der Waals surface area (Å²) in [5, 5.41) is 13.3. The van der Waals surface area contributed by atoms with Crippen LogP contribution in [-0.4, -0.2) is 53.8 Å². The largest absolute Gasteiger partial charge is 0.387 e. The van der Waals surface area contributed by atoms with E-state index in [1.807, 2.05) is 38.1 Å². The first-order valence-electron chi connectivity index (χ1n) is 10.2. The summed E-state index contributed by atoms with van der Waals surface area (Å²) in [4.78, 5) is 23.8. The normalized spacial score (nSPS) is 15.2. The van der Waals surface area contributed by atoms with Crippen LogP contribution in [0.4, 0.5) is 5.69 Å². The Balaban J connectivity index is 1.38. The molecule has 1 fully saturated rings. The van der Waals surface area contributed by atoms with Gasteiger partial charge in [0.15, 0.2) is 0 Å². The van der Waals surface area contributed by atoms with E-state index in [1.54, 1.807) is 18.2 Å². The third-order valence-corrected chi connectivity index (χ3v) is 5.45. The number of nitrogens with zero attached hydrogens (tertiary/aromatic N) is 3. The van der Waals surface area contributed by atoms with E-state index in [0.29, 0.717) is 11.1 Å². The van der Waals surface area contributed by atoms with Gasteiger partial charge in [-0.1, -0.05) is 12.1 Å². The zero-order valence-corrected chi connectivity index (χ0v) is 17.3. The number of nitrogens with one attached hydrogen (secondary N) is 1. The number of ether oxygens (including phenoxy) is 1. The number of hydrogen-bond donors (Lipinski definition) is 2. The Bertz CT molecular complexity index is 1050. The Hall–Kier alpha value is -3.03. The van der Waals surface area contributed by atoms with Gasteiger partial charge < -0.3 is 20.1 Å². The highest BCUT2D eigenvalue weighted by molar-refractivity contribution is 5.97. The summed E-state index contributed by atoms with van der Waals surface area (Å²) in [6, 6.07) is 13.1. The lowest BCUT2D eigenvalue weighted by Gasteiger charge is -2.29. The van der Waals surface area contributed by atoms with Crippen LogP contribution in [0.2, 0.25) is 0 Å². The molecule has 0 radical (unpaired) electrons. The average molecular weight is 406 g/mol. The third kappa shape index (κ3) is 4.42. The fraction of sp³-hybridized carbons (Fsp3) is 0.348. The molecule has 0 saturated carbocycles. The Morgan fingerprint density at radius 1 is 1.07 bits per heavy atom. The highest BCUT2D eigenvalue weighted by Gasteiger charge is 2.14. The number of aromatic nitrogens is 2. The van der Waals surface area contributed by atoms with Crippen molar-refractivity contribution in [1.82, 2.24) is 15.3 Å². The van der Waals surface area contributed by atoms with Crippen LogP contribution < -0.4 is 10.2 Å². The molecular formula is C23H26N4O3. The van der Waals surface area contributed by atoms with Crippen LogP contribution in [0.25, 0.3) is 11.0 Å². The molecule has 1 aliphatic rings. The van der Waals surface area contributed by atoms with Crippen molar-refractivity contribution in [2.75, 3.05) is 37.7 Å². The molecule has 4 rings (SSSR count). The van der Waals surface area contributed by atoms with Crippen molar-refractivity contribution in [1.29, 1.82) is 0 Å². The zero-order valence-electron chi connectivity index (χ0n) is 17.3. The van der Waals surface area contributed by atoms with Crippen LogP contribution in [0.15, 0.2) is 42.5 Å². The van der Waals surface area contributed by atoms with E-state index in [1.165, 1.54) is 0 Å². The monoisotopic (exact) mass is 406 g/mol. The highest BCUT2D eigenvalue weighted by atomic mass is 16.5. The zero-order chi connectivity index (χ0) is 21.1. The van der Waals surface area contributed by atoms with Gasteiger partial charge in [-0.25, -0.2) is 9.97 Å². The van der Waals surface area contributed by atoms with Crippen LogP contribution in [0.3, 0.4) is 0 Å². The van der Waals surface area contributed by atoms with Crippen molar-refractivity contribution in [2.24, 2.45) is 0 Å². The molecule has 1 atom stereocenters. The summed E-state index contributed by atoms with van der Waals surface area (Å²) < 4.78 is 5.38. The molecule has 0 spiro atoms. The van der Waals surface area contributed by atoms with Crippen LogP contribution in [0, 0.1) is 13.8 Å². The van der Waals surface area contributed by atoms with E-state index < -0.39 is 6.10 Å². The molecule has 0 bridgehead atoms. The minimum Gasteiger partial charge on any atom is -0.387 e. The van der Waals surface area contributed by atoms with Crippen LogP contribution in [0.1, 0.15) is 33.4 Å². The van der Waals surface area contributed by atoms with Gasteiger partial charge in [-0.2, -0.15) is 0 Å². The fourth-order valence-corrected chi connectivity index (χ4v) is 3.51. The summed E-state index contributed by atoms with van der Waals surface area (Å²) in [6.45, 7) is 7.14. The van der Waals surface area contributed by atoms with E-state index in [-0.39, 0.29) is 12.5 Å². The number of aliphatic hydroxyl groups excluding tert-OH is 1. The number of morpholine rings is 1. The van der Waals surface area contributed by atoms with Crippen LogP contribution in [0.5, 0.6) is 0 Å². The number of carbonyl (C=O) groups is 1. The Morgan fingerprint density at radius 3 is 2.43 bits per heavy atom. The second kappa shape index (κ2) is 8.77. The van der Waals surface area contributed by atoms with E-state index in [9.17, 15) is 9.90 Å². The molecule has 7 nitrogen and oxygen atoms in total. The Kier molecular flexibility index (Phi) is 5.92. The molecule has 1 amide bonds. The van der Waals surface area contributed by atoms with Crippen LogP contribution >= 0.6 is 0 Å². The molecule has 7 heteroatoms. The topological polar surface area (TPSA) is 87.6 Å². The number of benzene rings is 2. The first-order valence-corrected chi connectivity index (χ1v) is 10.2. The summed E-state index contributed by atoms with van der Waals surface area (Å²) in [7, 11) is 0. The van der Waals surface area contributed by atoms with E-state index in [0.717, 1.165) is 54.5 Å². The highest BCUT2D eigenvalue weighted by Crippen LogP contribution is 2.20. The average Bonchev–Trinajstić information content (AvgIpc) is 2.78. The molecule has 2 aromatic carbocycles. The number of aliphatic hydroxyl groups is 1. The number of aryl methyl sites for hydroxylation is 2. The van der Waals surface area contributed by atoms with Gasteiger partial charge in [0.2, 0.25) is 0 Å². The number of carbonyl (C=O) groups excluding carboxylic acids is 1. The first-order chi connectivity index (χ1) is 14.5. The molecule has 1 aromatic heterocycles. The summed E-state index contributed by atoms with van der Waals surface area (Å²) in [5.74, 6) is -0.249. The molecule has 1 saturated heterocycles. The lowest BCUT2D eigenvalue weighted by molar-refractivity contribution is 0.0916. The van der Waals surface area contributed by atoms with Crippen molar-refractivity contribution in [3.8, 4) is 0 Å². The molecular weight excluding hydrogens is 380 g/mol. The van der Waals surface area contributed by atoms with E-state index in [4.69, 9.17) is 4.74 Å². The number of amides is 1. The first kappa shape index (κ1) is 20.3. The van der Waals surface area contributed by atoms with Gasteiger partial charge in [0.25, 0.3) is 5.91 Å². The van der Waals surface area contributed by atoms with Gasteiger partial charge in [0.05, 0.1) is 41.7 Å². The number of anilines is 1. The SMILES string of the molecule is Cc1nc2ccc(C(=O)NCC(O)c3ccc(N4CCOCC4)cc3)cc2nc1C. The van der Waals surface area contributed by atoms with Gasteiger partial charge in [-0.05, 0) is 49.7 Å². The smallest absolute Gasteiger partial charge is 0.251 e. The Labute approximate surface area is 175 Å². The van der Waals surface area contributed by atoms with Gasteiger partial charge in [0, 0.05) is 30.9 Å². The maximum Gasteiger partial charge on any atom is 0.251 e. The molecule has 0 aliphatic carbocycles. The lowest BCUT2D eigenvalue weighted by atomic mass is 10.1.